The van der Waals surface area contributed by atoms with E-state index in [9.17, 15) is 4.39 Å². The van der Waals surface area contributed by atoms with Crippen molar-refractivity contribution in [2.75, 3.05) is 25.0 Å². The summed E-state index contributed by atoms with van der Waals surface area (Å²) in [6.45, 7) is 4.10. The molecule has 0 aromatic heterocycles. The molecule has 0 bridgehead atoms. The zero-order valence-electron chi connectivity index (χ0n) is 10.7. The van der Waals surface area contributed by atoms with Crippen molar-refractivity contribution >= 4 is 5.69 Å². The van der Waals surface area contributed by atoms with Gasteiger partial charge in [-0.15, -0.1) is 0 Å². The van der Waals surface area contributed by atoms with E-state index >= 15 is 0 Å². The van der Waals surface area contributed by atoms with Crippen LogP contribution in [0.3, 0.4) is 0 Å². The van der Waals surface area contributed by atoms with Gasteiger partial charge in [0, 0.05) is 30.4 Å². The van der Waals surface area contributed by atoms with Gasteiger partial charge in [-0.3, -0.25) is 0 Å². The van der Waals surface area contributed by atoms with E-state index in [0.29, 0.717) is 0 Å². The van der Waals surface area contributed by atoms with Crippen LogP contribution in [0, 0.1) is 5.82 Å². The number of hydrogen-bond acceptors (Lipinski definition) is 2. The molecule has 2 rings (SSSR count). The minimum atomic E-state index is -0.102. The summed E-state index contributed by atoms with van der Waals surface area (Å²) >= 11 is 0. The standard InChI is InChI=1S/C14H21FN2/c1-11(16-2)14-12(15)7-6-8-13(14)17-9-4-3-5-10-17/h6-8,11,16H,3-5,9-10H2,1-2H3. The lowest BCUT2D eigenvalue weighted by molar-refractivity contribution is 0.544. The fraction of sp³-hybridized carbons (Fsp3) is 0.571. The third-order valence-electron chi connectivity index (χ3n) is 3.59. The smallest absolute Gasteiger partial charge is 0.130 e. The van der Waals surface area contributed by atoms with Gasteiger partial charge in [0.25, 0.3) is 0 Å². The number of anilines is 1. The van der Waals surface area contributed by atoms with Gasteiger partial charge >= 0.3 is 0 Å². The Morgan fingerprint density at radius 3 is 2.59 bits per heavy atom. The summed E-state index contributed by atoms with van der Waals surface area (Å²) in [7, 11) is 1.87. The molecule has 0 aliphatic carbocycles. The molecule has 1 aliphatic heterocycles. The molecule has 1 N–H and O–H groups in total. The summed E-state index contributed by atoms with van der Waals surface area (Å²) in [4.78, 5) is 2.32. The normalized spacial score (nSPS) is 18.2. The maximum Gasteiger partial charge on any atom is 0.130 e. The highest BCUT2D eigenvalue weighted by Crippen LogP contribution is 2.30. The van der Waals surface area contributed by atoms with Crippen molar-refractivity contribution in [3.8, 4) is 0 Å². The van der Waals surface area contributed by atoms with E-state index in [-0.39, 0.29) is 11.9 Å². The molecular weight excluding hydrogens is 215 g/mol. The summed E-state index contributed by atoms with van der Waals surface area (Å²) in [6, 6.07) is 5.45. The van der Waals surface area contributed by atoms with Crippen LogP contribution in [0.2, 0.25) is 0 Å². The lowest BCUT2D eigenvalue weighted by Crippen LogP contribution is -2.31. The summed E-state index contributed by atoms with van der Waals surface area (Å²) in [5, 5.41) is 3.13. The Labute approximate surface area is 103 Å². The van der Waals surface area contributed by atoms with Gasteiger partial charge in [-0.1, -0.05) is 6.07 Å². The van der Waals surface area contributed by atoms with E-state index in [0.717, 1.165) is 24.3 Å². The predicted octanol–water partition coefficient (Wildman–Crippen LogP) is 3.10. The molecule has 2 nitrogen and oxygen atoms in total. The molecule has 1 aromatic rings. The SMILES string of the molecule is CNC(C)c1c(F)cccc1N1CCCCC1. The Hall–Kier alpha value is -1.09. The number of nitrogens with one attached hydrogen (secondary N) is 1. The van der Waals surface area contributed by atoms with E-state index in [2.05, 4.69) is 10.2 Å². The Bertz CT molecular complexity index is 372. The van der Waals surface area contributed by atoms with Crippen molar-refractivity contribution in [1.82, 2.24) is 5.32 Å². The van der Waals surface area contributed by atoms with Crippen LogP contribution in [0.4, 0.5) is 10.1 Å². The van der Waals surface area contributed by atoms with Crippen molar-refractivity contribution in [2.24, 2.45) is 0 Å². The molecule has 1 saturated heterocycles. The second kappa shape index (κ2) is 5.50. The van der Waals surface area contributed by atoms with Crippen molar-refractivity contribution in [3.05, 3.63) is 29.6 Å². The Kier molecular flexibility index (Phi) is 4.00. The maximum absolute atomic E-state index is 14.0. The number of benzene rings is 1. The van der Waals surface area contributed by atoms with Crippen LogP contribution >= 0.6 is 0 Å². The van der Waals surface area contributed by atoms with Crippen molar-refractivity contribution < 1.29 is 4.39 Å². The Balaban J connectivity index is 2.34. The van der Waals surface area contributed by atoms with Crippen molar-refractivity contribution in [2.45, 2.75) is 32.2 Å². The first kappa shape index (κ1) is 12.4. The molecule has 3 heteroatoms. The van der Waals surface area contributed by atoms with Gasteiger partial charge in [0.05, 0.1) is 0 Å². The van der Waals surface area contributed by atoms with Gasteiger partial charge in [-0.25, -0.2) is 4.39 Å². The number of nitrogens with zero attached hydrogens (tertiary/aromatic N) is 1. The minimum Gasteiger partial charge on any atom is -0.371 e. The van der Waals surface area contributed by atoms with Gasteiger partial charge in [-0.05, 0) is 45.4 Å². The minimum absolute atomic E-state index is 0.0492. The summed E-state index contributed by atoms with van der Waals surface area (Å²) in [6.07, 6.45) is 3.72. The van der Waals surface area contributed by atoms with Crippen LogP contribution in [0.25, 0.3) is 0 Å². The summed E-state index contributed by atoms with van der Waals surface area (Å²) in [5.74, 6) is -0.102. The highest BCUT2D eigenvalue weighted by Gasteiger charge is 2.19. The van der Waals surface area contributed by atoms with Crippen molar-refractivity contribution in [1.29, 1.82) is 0 Å². The van der Waals surface area contributed by atoms with Crippen LogP contribution in [-0.4, -0.2) is 20.1 Å². The monoisotopic (exact) mass is 236 g/mol. The van der Waals surface area contributed by atoms with E-state index < -0.39 is 0 Å². The first-order chi connectivity index (χ1) is 8.24. The number of piperidine rings is 1. The first-order valence-corrected chi connectivity index (χ1v) is 6.44. The molecule has 1 heterocycles. The third-order valence-corrected chi connectivity index (χ3v) is 3.59. The highest BCUT2D eigenvalue weighted by molar-refractivity contribution is 5.55. The van der Waals surface area contributed by atoms with Gasteiger partial charge in [-0.2, -0.15) is 0 Å². The molecule has 1 aromatic carbocycles. The highest BCUT2D eigenvalue weighted by atomic mass is 19.1. The van der Waals surface area contributed by atoms with Gasteiger partial charge < -0.3 is 10.2 Å². The van der Waals surface area contributed by atoms with Gasteiger partial charge in [0.15, 0.2) is 0 Å². The van der Waals surface area contributed by atoms with Crippen LogP contribution in [-0.2, 0) is 0 Å². The van der Waals surface area contributed by atoms with E-state index in [1.165, 1.54) is 19.3 Å². The second-order valence-corrected chi connectivity index (χ2v) is 4.73. The molecule has 1 aliphatic rings. The Morgan fingerprint density at radius 1 is 1.24 bits per heavy atom. The average molecular weight is 236 g/mol. The molecule has 0 spiro atoms. The lowest BCUT2D eigenvalue weighted by Gasteiger charge is -2.32. The zero-order valence-corrected chi connectivity index (χ0v) is 10.7. The predicted molar refractivity (Wildman–Crippen MR) is 69.9 cm³/mol. The molecule has 17 heavy (non-hydrogen) atoms. The van der Waals surface area contributed by atoms with Crippen LogP contribution < -0.4 is 10.2 Å². The summed E-state index contributed by atoms with van der Waals surface area (Å²) in [5.41, 5.74) is 1.86. The fourth-order valence-electron chi connectivity index (χ4n) is 2.51. The number of hydrogen-bond donors (Lipinski definition) is 1. The number of rotatable bonds is 3. The molecule has 1 atom stereocenters. The molecule has 0 saturated carbocycles. The van der Waals surface area contributed by atoms with Crippen LogP contribution in [0.1, 0.15) is 37.8 Å². The number of halogens is 1. The topological polar surface area (TPSA) is 15.3 Å². The zero-order chi connectivity index (χ0) is 12.3. The molecular formula is C14H21FN2. The van der Waals surface area contributed by atoms with Gasteiger partial charge in [0.2, 0.25) is 0 Å². The maximum atomic E-state index is 14.0. The molecule has 0 amide bonds. The van der Waals surface area contributed by atoms with Crippen LogP contribution in [0.15, 0.2) is 18.2 Å². The van der Waals surface area contributed by atoms with Crippen LogP contribution in [0.5, 0.6) is 0 Å². The molecule has 0 radical (unpaired) electrons. The third kappa shape index (κ3) is 2.60. The largest absolute Gasteiger partial charge is 0.371 e. The fourth-order valence-corrected chi connectivity index (χ4v) is 2.51. The quantitative estimate of drug-likeness (QED) is 0.867. The average Bonchev–Trinajstić information content (AvgIpc) is 2.38. The van der Waals surface area contributed by atoms with Crippen molar-refractivity contribution in [3.63, 3.8) is 0 Å². The molecule has 94 valence electrons. The first-order valence-electron chi connectivity index (χ1n) is 6.44. The lowest BCUT2D eigenvalue weighted by atomic mass is 10.0. The molecule has 1 unspecified atom stereocenters. The van der Waals surface area contributed by atoms with E-state index in [1.54, 1.807) is 6.07 Å². The van der Waals surface area contributed by atoms with E-state index in [4.69, 9.17) is 0 Å². The second-order valence-electron chi connectivity index (χ2n) is 4.73. The Morgan fingerprint density at radius 2 is 1.94 bits per heavy atom. The van der Waals surface area contributed by atoms with E-state index in [1.807, 2.05) is 26.1 Å². The van der Waals surface area contributed by atoms with Gasteiger partial charge in [0.1, 0.15) is 5.82 Å². The molecule has 1 fully saturated rings. The summed E-state index contributed by atoms with van der Waals surface area (Å²) < 4.78 is 14.0.